The normalized spacial score (nSPS) is 10.8. The number of hydrogen-bond acceptors (Lipinski definition) is 2. The third-order valence-electron chi connectivity index (χ3n) is 3.67. The number of aliphatic hydroxyl groups excluding tert-OH is 1. The second-order valence-electron chi connectivity index (χ2n) is 5.54. The highest BCUT2D eigenvalue weighted by atomic mass is 16.2. The number of nitrogens with one attached hydrogen (secondary N) is 1. The molecule has 0 atom stereocenters. The Morgan fingerprint density at radius 1 is 0.700 bits per heavy atom. The molecular formula is C18H31NO. The predicted molar refractivity (Wildman–Crippen MR) is 87.0 cm³/mol. The number of hydrogen-bond donors (Lipinski definition) is 2. The number of aliphatic hydroxyl groups is 1. The first kappa shape index (κ1) is 17.2. The summed E-state index contributed by atoms with van der Waals surface area (Å²) < 4.78 is 0. The van der Waals surface area contributed by atoms with Crippen molar-refractivity contribution in [3.8, 4) is 0 Å². The topological polar surface area (TPSA) is 32.3 Å². The molecule has 0 unspecified atom stereocenters. The molecule has 114 valence electrons. The summed E-state index contributed by atoms with van der Waals surface area (Å²) in [5.41, 5.74) is 1.47. The van der Waals surface area contributed by atoms with Gasteiger partial charge in [-0.15, -0.1) is 0 Å². The quantitative estimate of drug-likeness (QED) is 0.535. The molecule has 0 aliphatic rings. The second-order valence-corrected chi connectivity index (χ2v) is 5.54. The fraction of sp³-hybridized carbons (Fsp3) is 0.667. The van der Waals surface area contributed by atoms with E-state index in [-0.39, 0.29) is 0 Å². The Bertz CT molecular complexity index is 300. The van der Waals surface area contributed by atoms with E-state index in [2.05, 4.69) is 35.6 Å². The fourth-order valence-electron chi connectivity index (χ4n) is 2.42. The van der Waals surface area contributed by atoms with Crippen LogP contribution in [0.3, 0.4) is 0 Å². The van der Waals surface area contributed by atoms with Crippen molar-refractivity contribution in [2.75, 3.05) is 19.7 Å². The monoisotopic (exact) mass is 277 g/mol. The van der Waals surface area contributed by atoms with Crippen molar-refractivity contribution in [1.29, 1.82) is 0 Å². The summed E-state index contributed by atoms with van der Waals surface area (Å²) in [7, 11) is 0. The molecule has 20 heavy (non-hydrogen) atoms. The average molecular weight is 277 g/mol. The van der Waals surface area contributed by atoms with Gasteiger partial charge in [-0.2, -0.15) is 0 Å². The number of rotatable bonds is 13. The third kappa shape index (κ3) is 9.99. The van der Waals surface area contributed by atoms with Crippen LogP contribution in [0.2, 0.25) is 0 Å². The molecule has 1 aromatic rings. The van der Waals surface area contributed by atoms with Crippen molar-refractivity contribution >= 4 is 0 Å². The maximum atomic E-state index is 8.67. The van der Waals surface area contributed by atoms with E-state index in [4.69, 9.17) is 5.11 Å². The molecule has 2 nitrogen and oxygen atoms in total. The summed E-state index contributed by atoms with van der Waals surface area (Å²) in [6.45, 7) is 2.64. The predicted octanol–water partition coefficient (Wildman–Crippen LogP) is 3.93. The summed E-state index contributed by atoms with van der Waals surface area (Å²) in [5.74, 6) is 0. The Morgan fingerprint density at radius 3 is 1.95 bits per heavy atom. The smallest absolute Gasteiger partial charge is 0.0431 e. The van der Waals surface area contributed by atoms with Gasteiger partial charge in [-0.25, -0.2) is 0 Å². The van der Waals surface area contributed by atoms with Crippen LogP contribution in [-0.2, 0) is 6.42 Å². The van der Waals surface area contributed by atoms with Crippen molar-refractivity contribution in [3.05, 3.63) is 35.9 Å². The lowest BCUT2D eigenvalue weighted by molar-refractivity contribution is 0.282. The molecule has 0 bridgehead atoms. The van der Waals surface area contributed by atoms with Crippen molar-refractivity contribution in [3.63, 3.8) is 0 Å². The lowest BCUT2D eigenvalue weighted by Crippen LogP contribution is -2.16. The van der Waals surface area contributed by atoms with Gasteiger partial charge in [-0.05, 0) is 50.8 Å². The van der Waals surface area contributed by atoms with Gasteiger partial charge < -0.3 is 10.4 Å². The Hall–Kier alpha value is -0.860. The number of benzene rings is 1. The van der Waals surface area contributed by atoms with Crippen LogP contribution in [0, 0.1) is 0 Å². The van der Waals surface area contributed by atoms with E-state index in [1.807, 2.05) is 0 Å². The number of aryl methyl sites for hydroxylation is 1. The largest absolute Gasteiger partial charge is 0.396 e. The minimum absolute atomic E-state index is 0.344. The van der Waals surface area contributed by atoms with E-state index in [9.17, 15) is 0 Å². The summed E-state index contributed by atoms with van der Waals surface area (Å²) >= 11 is 0. The van der Waals surface area contributed by atoms with E-state index in [1.165, 1.54) is 50.5 Å². The first-order chi connectivity index (χ1) is 9.93. The summed E-state index contributed by atoms with van der Waals surface area (Å²) in [4.78, 5) is 0. The minimum atomic E-state index is 0.344. The van der Waals surface area contributed by atoms with Crippen LogP contribution in [-0.4, -0.2) is 24.8 Å². The summed E-state index contributed by atoms with van der Waals surface area (Å²) in [6.07, 6.45) is 11.1. The molecule has 0 radical (unpaired) electrons. The van der Waals surface area contributed by atoms with Crippen molar-refractivity contribution in [2.24, 2.45) is 0 Å². The molecule has 0 aliphatic carbocycles. The van der Waals surface area contributed by atoms with Gasteiger partial charge in [0.2, 0.25) is 0 Å². The Labute approximate surface area is 124 Å². The van der Waals surface area contributed by atoms with Gasteiger partial charge in [0.05, 0.1) is 0 Å². The zero-order valence-corrected chi connectivity index (χ0v) is 12.8. The van der Waals surface area contributed by atoms with Gasteiger partial charge in [0, 0.05) is 6.61 Å². The molecule has 0 aliphatic heterocycles. The molecule has 1 aromatic carbocycles. The van der Waals surface area contributed by atoms with Gasteiger partial charge in [0.1, 0.15) is 0 Å². The molecular weight excluding hydrogens is 246 g/mol. The second kappa shape index (κ2) is 13.1. The third-order valence-corrected chi connectivity index (χ3v) is 3.67. The van der Waals surface area contributed by atoms with Gasteiger partial charge in [-0.3, -0.25) is 0 Å². The molecule has 2 N–H and O–H groups in total. The van der Waals surface area contributed by atoms with E-state index in [0.717, 1.165) is 25.9 Å². The van der Waals surface area contributed by atoms with Gasteiger partial charge in [0.15, 0.2) is 0 Å². The van der Waals surface area contributed by atoms with Crippen molar-refractivity contribution in [1.82, 2.24) is 5.32 Å². The standard InChI is InChI=1S/C18H31NO/c20-17-11-4-3-10-16-19-15-9-2-1-6-12-18-13-7-5-8-14-18/h5,7-8,13-14,19-20H,1-4,6,9-12,15-17H2. The lowest BCUT2D eigenvalue weighted by Gasteiger charge is -2.05. The van der Waals surface area contributed by atoms with Crippen LogP contribution in [0.4, 0.5) is 0 Å². The van der Waals surface area contributed by atoms with Crippen LogP contribution < -0.4 is 5.32 Å². The van der Waals surface area contributed by atoms with Gasteiger partial charge >= 0.3 is 0 Å². The first-order valence-corrected chi connectivity index (χ1v) is 8.29. The summed E-state index contributed by atoms with van der Waals surface area (Å²) in [6, 6.07) is 10.8. The Kier molecular flexibility index (Phi) is 11.3. The number of unbranched alkanes of at least 4 members (excludes halogenated alkanes) is 6. The maximum absolute atomic E-state index is 8.67. The van der Waals surface area contributed by atoms with E-state index in [1.54, 1.807) is 0 Å². The molecule has 0 saturated carbocycles. The fourth-order valence-corrected chi connectivity index (χ4v) is 2.42. The molecule has 0 spiro atoms. The maximum Gasteiger partial charge on any atom is 0.0431 e. The van der Waals surface area contributed by atoms with E-state index < -0.39 is 0 Å². The highest BCUT2D eigenvalue weighted by molar-refractivity contribution is 5.14. The molecule has 0 amide bonds. The minimum Gasteiger partial charge on any atom is -0.396 e. The van der Waals surface area contributed by atoms with Crippen LogP contribution >= 0.6 is 0 Å². The zero-order chi connectivity index (χ0) is 14.3. The molecule has 0 heterocycles. The molecule has 0 fully saturated rings. The Balaban J connectivity index is 1.77. The van der Waals surface area contributed by atoms with E-state index >= 15 is 0 Å². The lowest BCUT2D eigenvalue weighted by atomic mass is 10.1. The average Bonchev–Trinajstić information content (AvgIpc) is 2.49. The van der Waals surface area contributed by atoms with E-state index in [0.29, 0.717) is 6.61 Å². The molecule has 0 aromatic heterocycles. The van der Waals surface area contributed by atoms with Crippen LogP contribution in [0.25, 0.3) is 0 Å². The highest BCUT2D eigenvalue weighted by Gasteiger charge is 1.94. The highest BCUT2D eigenvalue weighted by Crippen LogP contribution is 2.07. The van der Waals surface area contributed by atoms with Crippen molar-refractivity contribution < 1.29 is 5.11 Å². The van der Waals surface area contributed by atoms with Crippen LogP contribution in [0.15, 0.2) is 30.3 Å². The molecule has 2 heteroatoms. The first-order valence-electron chi connectivity index (χ1n) is 8.29. The molecule has 0 saturated heterocycles. The van der Waals surface area contributed by atoms with Crippen molar-refractivity contribution in [2.45, 2.75) is 57.8 Å². The summed E-state index contributed by atoms with van der Waals surface area (Å²) in [5, 5.41) is 12.2. The SMILES string of the molecule is OCCCCCCNCCCCCCc1ccccc1. The van der Waals surface area contributed by atoms with Gasteiger partial charge in [0.25, 0.3) is 0 Å². The van der Waals surface area contributed by atoms with Gasteiger partial charge in [-0.1, -0.05) is 56.0 Å². The Morgan fingerprint density at radius 2 is 1.30 bits per heavy atom. The zero-order valence-electron chi connectivity index (χ0n) is 12.8. The van der Waals surface area contributed by atoms with Crippen LogP contribution in [0.5, 0.6) is 0 Å². The van der Waals surface area contributed by atoms with Crippen LogP contribution in [0.1, 0.15) is 56.9 Å². The molecule has 1 rings (SSSR count).